The zero-order valence-electron chi connectivity index (χ0n) is 10.1. The standard InChI is InChI=1S/C11H22N2O3/c1-15-8-9-4-3-5-13(7-9)10(6-12)11(14)16-2/h9-10H,3-8,12H2,1-2H3. The molecule has 5 nitrogen and oxygen atoms in total. The van der Waals surface area contributed by atoms with Crippen LogP contribution in [0.25, 0.3) is 0 Å². The SMILES string of the molecule is COCC1CCCN(C(CN)C(=O)OC)C1. The van der Waals surface area contributed by atoms with E-state index in [4.69, 9.17) is 15.2 Å². The first-order valence-electron chi connectivity index (χ1n) is 5.73. The van der Waals surface area contributed by atoms with Crippen molar-refractivity contribution in [3.63, 3.8) is 0 Å². The molecule has 0 spiro atoms. The number of hydrogen-bond acceptors (Lipinski definition) is 5. The van der Waals surface area contributed by atoms with E-state index in [-0.39, 0.29) is 12.0 Å². The number of hydrogen-bond donors (Lipinski definition) is 1. The first-order valence-corrected chi connectivity index (χ1v) is 5.73. The van der Waals surface area contributed by atoms with E-state index >= 15 is 0 Å². The summed E-state index contributed by atoms with van der Waals surface area (Å²) in [5.41, 5.74) is 5.63. The number of methoxy groups -OCH3 is 2. The molecule has 0 saturated carbocycles. The lowest BCUT2D eigenvalue weighted by molar-refractivity contribution is -0.147. The highest BCUT2D eigenvalue weighted by Gasteiger charge is 2.29. The molecule has 16 heavy (non-hydrogen) atoms. The van der Waals surface area contributed by atoms with E-state index in [1.807, 2.05) is 0 Å². The van der Waals surface area contributed by atoms with Crippen LogP contribution < -0.4 is 5.73 Å². The normalized spacial score (nSPS) is 24.1. The van der Waals surface area contributed by atoms with Crippen molar-refractivity contribution in [2.75, 3.05) is 40.5 Å². The molecule has 2 unspecified atom stereocenters. The highest BCUT2D eigenvalue weighted by Crippen LogP contribution is 2.18. The Labute approximate surface area is 96.9 Å². The van der Waals surface area contributed by atoms with Crippen molar-refractivity contribution in [1.82, 2.24) is 4.90 Å². The van der Waals surface area contributed by atoms with Gasteiger partial charge in [0.25, 0.3) is 0 Å². The number of carbonyl (C=O) groups excluding carboxylic acids is 1. The van der Waals surface area contributed by atoms with Gasteiger partial charge in [-0.05, 0) is 25.3 Å². The zero-order valence-corrected chi connectivity index (χ0v) is 10.1. The van der Waals surface area contributed by atoms with E-state index in [0.717, 1.165) is 32.5 Å². The largest absolute Gasteiger partial charge is 0.468 e. The lowest BCUT2D eigenvalue weighted by atomic mass is 9.97. The maximum atomic E-state index is 11.5. The maximum Gasteiger partial charge on any atom is 0.324 e. The Balaban J connectivity index is 2.53. The summed E-state index contributed by atoms with van der Waals surface area (Å²) in [6.07, 6.45) is 2.24. The topological polar surface area (TPSA) is 64.8 Å². The molecule has 1 fully saturated rings. The fraction of sp³-hybridized carbons (Fsp3) is 0.909. The van der Waals surface area contributed by atoms with Crippen molar-refractivity contribution in [3.05, 3.63) is 0 Å². The number of rotatable bonds is 5. The van der Waals surface area contributed by atoms with Gasteiger partial charge in [-0.1, -0.05) is 0 Å². The number of ether oxygens (including phenoxy) is 2. The van der Waals surface area contributed by atoms with E-state index in [1.165, 1.54) is 7.11 Å². The smallest absolute Gasteiger partial charge is 0.324 e. The molecular formula is C11H22N2O3. The molecule has 2 N–H and O–H groups in total. The molecule has 5 heteroatoms. The molecule has 1 aliphatic rings. The van der Waals surface area contributed by atoms with Crippen molar-refractivity contribution in [3.8, 4) is 0 Å². The van der Waals surface area contributed by atoms with Gasteiger partial charge in [-0.3, -0.25) is 9.69 Å². The number of nitrogens with zero attached hydrogens (tertiary/aromatic N) is 1. The number of esters is 1. The molecular weight excluding hydrogens is 208 g/mol. The Kier molecular flexibility index (Phi) is 5.73. The average Bonchev–Trinajstić information content (AvgIpc) is 2.31. The van der Waals surface area contributed by atoms with E-state index in [0.29, 0.717) is 12.5 Å². The quantitative estimate of drug-likeness (QED) is 0.665. The third-order valence-electron chi connectivity index (χ3n) is 3.09. The van der Waals surface area contributed by atoms with Gasteiger partial charge in [0.1, 0.15) is 6.04 Å². The Morgan fingerprint density at radius 2 is 2.31 bits per heavy atom. The summed E-state index contributed by atoms with van der Waals surface area (Å²) < 4.78 is 9.92. The van der Waals surface area contributed by atoms with E-state index in [9.17, 15) is 4.79 Å². The van der Waals surface area contributed by atoms with Gasteiger partial charge in [0.05, 0.1) is 13.7 Å². The molecule has 0 amide bonds. The van der Waals surface area contributed by atoms with Crippen molar-refractivity contribution in [2.45, 2.75) is 18.9 Å². The average molecular weight is 230 g/mol. The number of likely N-dealkylation sites (tertiary alicyclic amines) is 1. The second-order valence-corrected chi connectivity index (χ2v) is 4.23. The molecule has 0 radical (unpaired) electrons. The van der Waals surface area contributed by atoms with Crippen LogP contribution in [0.1, 0.15) is 12.8 Å². The van der Waals surface area contributed by atoms with Crippen LogP contribution in [0.2, 0.25) is 0 Å². The molecule has 0 aromatic rings. The zero-order chi connectivity index (χ0) is 12.0. The summed E-state index contributed by atoms with van der Waals surface area (Å²) in [6, 6.07) is -0.301. The highest BCUT2D eigenvalue weighted by molar-refractivity contribution is 5.75. The highest BCUT2D eigenvalue weighted by atomic mass is 16.5. The van der Waals surface area contributed by atoms with Crippen LogP contribution in [-0.2, 0) is 14.3 Å². The number of carbonyl (C=O) groups is 1. The van der Waals surface area contributed by atoms with Crippen molar-refractivity contribution < 1.29 is 14.3 Å². The van der Waals surface area contributed by atoms with Gasteiger partial charge in [-0.15, -0.1) is 0 Å². The maximum absolute atomic E-state index is 11.5. The number of nitrogens with two attached hydrogens (primary N) is 1. The number of piperidine rings is 1. The monoisotopic (exact) mass is 230 g/mol. The summed E-state index contributed by atoms with van der Waals surface area (Å²) in [6.45, 7) is 2.84. The Bertz CT molecular complexity index is 221. The molecule has 0 bridgehead atoms. The van der Waals surface area contributed by atoms with E-state index < -0.39 is 0 Å². The Morgan fingerprint density at radius 3 is 2.88 bits per heavy atom. The third kappa shape index (κ3) is 3.43. The minimum absolute atomic E-state index is 0.236. The minimum Gasteiger partial charge on any atom is -0.468 e. The van der Waals surface area contributed by atoms with Crippen LogP contribution in [0, 0.1) is 5.92 Å². The Hall–Kier alpha value is -0.650. The first kappa shape index (κ1) is 13.4. The van der Waals surface area contributed by atoms with Crippen LogP contribution in [0.5, 0.6) is 0 Å². The fourth-order valence-corrected chi connectivity index (χ4v) is 2.28. The van der Waals surface area contributed by atoms with Crippen LogP contribution in [0.4, 0.5) is 0 Å². The van der Waals surface area contributed by atoms with Gasteiger partial charge < -0.3 is 15.2 Å². The van der Waals surface area contributed by atoms with Crippen LogP contribution >= 0.6 is 0 Å². The van der Waals surface area contributed by atoms with E-state index in [2.05, 4.69) is 4.90 Å². The van der Waals surface area contributed by atoms with Gasteiger partial charge >= 0.3 is 5.97 Å². The minimum atomic E-state index is -0.301. The summed E-state index contributed by atoms with van der Waals surface area (Å²) >= 11 is 0. The molecule has 2 atom stereocenters. The van der Waals surface area contributed by atoms with Crippen LogP contribution in [0.3, 0.4) is 0 Å². The van der Waals surface area contributed by atoms with Gasteiger partial charge in [0, 0.05) is 20.2 Å². The second-order valence-electron chi connectivity index (χ2n) is 4.23. The van der Waals surface area contributed by atoms with Crippen LogP contribution in [0.15, 0.2) is 0 Å². The molecule has 0 aromatic carbocycles. The van der Waals surface area contributed by atoms with Crippen molar-refractivity contribution >= 4 is 5.97 Å². The van der Waals surface area contributed by atoms with Crippen LogP contribution in [-0.4, -0.2) is 57.4 Å². The van der Waals surface area contributed by atoms with Crippen molar-refractivity contribution in [1.29, 1.82) is 0 Å². The predicted octanol–water partition coefficient (Wildman–Crippen LogP) is -0.155. The lowest BCUT2D eigenvalue weighted by Gasteiger charge is -2.36. The summed E-state index contributed by atoms with van der Waals surface area (Å²) in [5.74, 6) is 0.262. The van der Waals surface area contributed by atoms with Gasteiger partial charge in [0.2, 0.25) is 0 Å². The Morgan fingerprint density at radius 1 is 1.56 bits per heavy atom. The summed E-state index contributed by atoms with van der Waals surface area (Å²) in [7, 11) is 3.11. The summed E-state index contributed by atoms with van der Waals surface area (Å²) in [5, 5.41) is 0. The first-order chi connectivity index (χ1) is 7.72. The molecule has 1 aliphatic heterocycles. The second kappa shape index (κ2) is 6.83. The van der Waals surface area contributed by atoms with Gasteiger partial charge in [-0.2, -0.15) is 0 Å². The van der Waals surface area contributed by atoms with Gasteiger partial charge in [-0.25, -0.2) is 0 Å². The molecule has 94 valence electrons. The predicted molar refractivity (Wildman–Crippen MR) is 61.0 cm³/mol. The molecule has 0 aromatic heterocycles. The fourth-order valence-electron chi connectivity index (χ4n) is 2.28. The molecule has 1 rings (SSSR count). The summed E-state index contributed by atoms with van der Waals surface area (Å²) in [4.78, 5) is 13.6. The lowest BCUT2D eigenvalue weighted by Crippen LogP contribution is -2.51. The molecule has 0 aliphatic carbocycles. The molecule has 1 heterocycles. The van der Waals surface area contributed by atoms with Gasteiger partial charge in [0.15, 0.2) is 0 Å². The molecule has 1 saturated heterocycles. The van der Waals surface area contributed by atoms with Crippen molar-refractivity contribution in [2.24, 2.45) is 11.7 Å². The van der Waals surface area contributed by atoms with E-state index in [1.54, 1.807) is 7.11 Å². The third-order valence-corrected chi connectivity index (χ3v) is 3.09.